The second-order valence-electron chi connectivity index (χ2n) is 6.33. The normalized spacial score (nSPS) is 44.2. The highest BCUT2D eigenvalue weighted by molar-refractivity contribution is 5.90. The van der Waals surface area contributed by atoms with E-state index >= 15 is 0 Å². The number of ether oxygens (including phenoxy) is 2. The first-order chi connectivity index (χ1) is 8.09. The number of carbonyl (C=O) groups is 1. The fourth-order valence-corrected chi connectivity index (χ4v) is 3.85. The van der Waals surface area contributed by atoms with Crippen LogP contribution >= 0.6 is 0 Å². The molecule has 0 aromatic rings. The first kappa shape index (κ1) is 11.7. The minimum Gasteiger partial charge on any atom is -0.353 e. The number of fused-ring (bicyclic) bond motifs is 2. The van der Waals surface area contributed by atoms with Crippen molar-refractivity contribution in [2.75, 3.05) is 6.61 Å². The lowest BCUT2D eigenvalue weighted by Crippen LogP contribution is -2.42. The van der Waals surface area contributed by atoms with Crippen LogP contribution < -0.4 is 0 Å². The minimum atomic E-state index is -0.178. The van der Waals surface area contributed by atoms with Crippen molar-refractivity contribution in [2.24, 2.45) is 17.3 Å². The van der Waals surface area contributed by atoms with Crippen LogP contribution in [0.5, 0.6) is 0 Å². The molecular formula is C14H22O3. The Bertz CT molecular complexity index is 317. The quantitative estimate of drug-likeness (QED) is 0.741. The molecular weight excluding hydrogens is 216 g/mol. The Hall–Kier alpha value is -0.410. The molecule has 0 amide bonds. The molecule has 17 heavy (non-hydrogen) atoms. The second-order valence-corrected chi connectivity index (χ2v) is 6.33. The van der Waals surface area contributed by atoms with Gasteiger partial charge in [-0.15, -0.1) is 0 Å². The lowest BCUT2D eigenvalue weighted by atomic mass is 9.74. The highest BCUT2D eigenvalue weighted by Gasteiger charge is 2.57. The Kier molecular flexibility index (Phi) is 2.79. The Morgan fingerprint density at radius 1 is 1.29 bits per heavy atom. The van der Waals surface area contributed by atoms with Gasteiger partial charge in [0.25, 0.3) is 0 Å². The van der Waals surface area contributed by atoms with E-state index < -0.39 is 0 Å². The van der Waals surface area contributed by atoms with Gasteiger partial charge in [0, 0.05) is 17.9 Å². The van der Waals surface area contributed by atoms with Crippen LogP contribution in [0.15, 0.2) is 0 Å². The van der Waals surface area contributed by atoms with Gasteiger partial charge in [0.1, 0.15) is 5.78 Å². The maximum Gasteiger partial charge on any atom is 0.157 e. The van der Waals surface area contributed by atoms with E-state index in [0.717, 1.165) is 32.3 Å². The van der Waals surface area contributed by atoms with Crippen molar-refractivity contribution in [3.05, 3.63) is 0 Å². The summed E-state index contributed by atoms with van der Waals surface area (Å²) < 4.78 is 11.7. The molecule has 96 valence electrons. The molecule has 0 aromatic heterocycles. The SMILES string of the molecule is CC1(C)C(=O)[C@H]2C[C@@H]1[C@H](OC1CCCCO1)C2. The highest BCUT2D eigenvalue weighted by atomic mass is 16.7. The molecule has 2 bridgehead atoms. The molecule has 3 fully saturated rings. The van der Waals surface area contributed by atoms with Gasteiger partial charge in [0.15, 0.2) is 6.29 Å². The number of hydrogen-bond donors (Lipinski definition) is 0. The van der Waals surface area contributed by atoms with Gasteiger partial charge in [0.05, 0.1) is 6.10 Å². The van der Waals surface area contributed by atoms with Crippen LogP contribution in [-0.2, 0) is 14.3 Å². The van der Waals surface area contributed by atoms with E-state index in [2.05, 4.69) is 13.8 Å². The van der Waals surface area contributed by atoms with Gasteiger partial charge in [-0.1, -0.05) is 13.8 Å². The fraction of sp³-hybridized carbons (Fsp3) is 0.929. The van der Waals surface area contributed by atoms with Crippen molar-refractivity contribution in [2.45, 2.75) is 58.3 Å². The summed E-state index contributed by atoms with van der Waals surface area (Å²) >= 11 is 0. The zero-order chi connectivity index (χ0) is 12.0. The summed E-state index contributed by atoms with van der Waals surface area (Å²) in [6.07, 6.45) is 5.56. The van der Waals surface area contributed by atoms with E-state index in [0.29, 0.717) is 11.7 Å². The predicted molar refractivity (Wildman–Crippen MR) is 63.5 cm³/mol. The summed E-state index contributed by atoms with van der Waals surface area (Å²) in [7, 11) is 0. The first-order valence-electron chi connectivity index (χ1n) is 6.90. The van der Waals surface area contributed by atoms with Gasteiger partial charge in [0.2, 0.25) is 0 Å². The summed E-state index contributed by atoms with van der Waals surface area (Å²) in [5.74, 6) is 1.11. The fourth-order valence-electron chi connectivity index (χ4n) is 3.85. The van der Waals surface area contributed by atoms with Crippen molar-refractivity contribution in [1.82, 2.24) is 0 Å². The van der Waals surface area contributed by atoms with E-state index in [4.69, 9.17) is 9.47 Å². The van der Waals surface area contributed by atoms with Crippen molar-refractivity contribution in [1.29, 1.82) is 0 Å². The third-order valence-corrected chi connectivity index (χ3v) is 4.90. The van der Waals surface area contributed by atoms with Gasteiger partial charge in [-0.2, -0.15) is 0 Å². The van der Waals surface area contributed by atoms with Crippen LogP contribution in [0.1, 0.15) is 46.0 Å². The zero-order valence-corrected chi connectivity index (χ0v) is 10.8. The van der Waals surface area contributed by atoms with E-state index in [9.17, 15) is 4.79 Å². The highest BCUT2D eigenvalue weighted by Crippen LogP contribution is 2.54. The topological polar surface area (TPSA) is 35.5 Å². The molecule has 1 heterocycles. The number of Topliss-reactive ketones (excluding diaryl/α,β-unsaturated/α-hetero) is 1. The van der Waals surface area contributed by atoms with E-state index in [-0.39, 0.29) is 23.7 Å². The Labute approximate surface area is 103 Å². The third-order valence-electron chi connectivity index (χ3n) is 4.90. The van der Waals surface area contributed by atoms with Gasteiger partial charge in [-0.05, 0) is 38.0 Å². The zero-order valence-electron chi connectivity index (χ0n) is 10.8. The summed E-state index contributed by atoms with van der Waals surface area (Å²) in [4.78, 5) is 12.0. The van der Waals surface area contributed by atoms with Crippen LogP contribution in [0, 0.1) is 17.3 Å². The second kappa shape index (κ2) is 4.06. The average molecular weight is 238 g/mol. The molecule has 0 spiro atoms. The molecule has 3 aliphatic rings. The van der Waals surface area contributed by atoms with Crippen LogP contribution in [0.2, 0.25) is 0 Å². The molecule has 3 heteroatoms. The summed E-state index contributed by atoms with van der Waals surface area (Å²) in [6, 6.07) is 0. The van der Waals surface area contributed by atoms with E-state index in [1.807, 2.05) is 0 Å². The third kappa shape index (κ3) is 1.84. The first-order valence-corrected chi connectivity index (χ1v) is 6.90. The average Bonchev–Trinajstić information content (AvgIpc) is 2.81. The largest absolute Gasteiger partial charge is 0.353 e. The minimum absolute atomic E-state index is 0.0148. The molecule has 3 nitrogen and oxygen atoms in total. The van der Waals surface area contributed by atoms with Gasteiger partial charge in [-0.3, -0.25) is 4.79 Å². The van der Waals surface area contributed by atoms with Gasteiger partial charge >= 0.3 is 0 Å². The Balaban J connectivity index is 1.65. The van der Waals surface area contributed by atoms with Crippen LogP contribution in [0.25, 0.3) is 0 Å². The smallest absolute Gasteiger partial charge is 0.157 e. The molecule has 0 aromatic carbocycles. The molecule has 0 radical (unpaired) electrons. The maximum atomic E-state index is 12.0. The standard InChI is InChI=1S/C14H22O3/c1-14(2)10-7-9(13(14)15)8-11(10)17-12-5-3-4-6-16-12/h9-12H,3-8H2,1-2H3/t9-,10+,11+,12?/m0/s1. The molecule has 2 aliphatic carbocycles. The molecule has 3 rings (SSSR count). The molecule has 1 aliphatic heterocycles. The van der Waals surface area contributed by atoms with Crippen molar-refractivity contribution < 1.29 is 14.3 Å². The number of carbonyl (C=O) groups excluding carboxylic acids is 1. The van der Waals surface area contributed by atoms with Crippen LogP contribution in [0.3, 0.4) is 0 Å². The lowest BCUT2D eigenvalue weighted by molar-refractivity contribution is -0.204. The predicted octanol–water partition coefficient (Wildman–Crippen LogP) is 2.53. The number of hydrogen-bond acceptors (Lipinski definition) is 3. The van der Waals surface area contributed by atoms with Crippen molar-refractivity contribution >= 4 is 5.78 Å². The maximum absolute atomic E-state index is 12.0. The van der Waals surface area contributed by atoms with Crippen molar-refractivity contribution in [3.8, 4) is 0 Å². The summed E-state index contributed by atoms with van der Waals surface area (Å²) in [6.45, 7) is 4.99. The molecule has 1 saturated heterocycles. The lowest BCUT2D eigenvalue weighted by Gasteiger charge is -2.36. The van der Waals surface area contributed by atoms with Gasteiger partial charge < -0.3 is 9.47 Å². The monoisotopic (exact) mass is 238 g/mol. The van der Waals surface area contributed by atoms with E-state index in [1.165, 1.54) is 6.42 Å². The molecule has 2 saturated carbocycles. The Morgan fingerprint density at radius 3 is 2.71 bits per heavy atom. The van der Waals surface area contributed by atoms with Crippen molar-refractivity contribution in [3.63, 3.8) is 0 Å². The molecule has 4 atom stereocenters. The van der Waals surface area contributed by atoms with E-state index in [1.54, 1.807) is 0 Å². The summed E-state index contributed by atoms with van der Waals surface area (Å²) in [5, 5.41) is 0. The van der Waals surface area contributed by atoms with Crippen LogP contribution in [-0.4, -0.2) is 24.8 Å². The Morgan fingerprint density at radius 2 is 2.12 bits per heavy atom. The molecule has 0 N–H and O–H groups in total. The number of ketones is 1. The van der Waals surface area contributed by atoms with Crippen LogP contribution in [0.4, 0.5) is 0 Å². The number of rotatable bonds is 2. The van der Waals surface area contributed by atoms with Gasteiger partial charge in [-0.25, -0.2) is 0 Å². The summed E-state index contributed by atoms with van der Waals surface area (Å²) in [5.41, 5.74) is -0.178. The molecule has 1 unspecified atom stereocenters.